The predicted octanol–water partition coefficient (Wildman–Crippen LogP) is 2.22. The van der Waals surface area contributed by atoms with E-state index in [1.807, 2.05) is 6.92 Å². The van der Waals surface area contributed by atoms with Gasteiger partial charge in [-0.2, -0.15) is 0 Å². The fraction of sp³-hybridized carbons (Fsp3) is 0.750. The number of sulfonamides is 1. The number of nitrogens with zero attached hydrogens (tertiary/aromatic N) is 2. The molecule has 7 heteroatoms. The minimum absolute atomic E-state index is 0.0442. The second-order valence-corrected chi connectivity index (χ2v) is 6.76. The van der Waals surface area contributed by atoms with Crippen molar-refractivity contribution in [3.8, 4) is 0 Å². The van der Waals surface area contributed by atoms with E-state index in [4.69, 9.17) is 11.6 Å². The molecule has 1 N–H and O–H groups in total. The molecule has 1 heterocycles. The fourth-order valence-electron chi connectivity index (χ4n) is 1.88. The number of hydrogen-bond donors (Lipinski definition) is 1. The molecular weight excluding hydrogens is 286 g/mol. The van der Waals surface area contributed by atoms with Gasteiger partial charge in [0, 0.05) is 24.7 Å². The third-order valence-corrected chi connectivity index (χ3v) is 5.10. The normalized spacial score (nSPS) is 13.9. The molecule has 0 aliphatic rings. The minimum Gasteiger partial charge on any atom is -0.336 e. The van der Waals surface area contributed by atoms with Gasteiger partial charge < -0.3 is 4.57 Å². The first-order chi connectivity index (χ1) is 8.94. The monoisotopic (exact) mass is 307 g/mol. The summed E-state index contributed by atoms with van der Waals surface area (Å²) in [6.45, 7) is 6.96. The Morgan fingerprint density at radius 3 is 2.47 bits per heavy atom. The molecule has 0 saturated heterocycles. The molecule has 0 spiro atoms. The lowest BCUT2D eigenvalue weighted by atomic mass is 9.99. The van der Waals surface area contributed by atoms with Crippen molar-refractivity contribution in [3.63, 3.8) is 0 Å². The quantitative estimate of drug-likeness (QED) is 0.749. The molecule has 1 rings (SSSR count). The van der Waals surface area contributed by atoms with Crippen LogP contribution >= 0.6 is 11.6 Å². The first-order valence-electron chi connectivity index (χ1n) is 6.60. The summed E-state index contributed by atoms with van der Waals surface area (Å²) in [4.78, 5) is 3.89. The molecule has 0 aromatic carbocycles. The van der Waals surface area contributed by atoms with Gasteiger partial charge in [0.05, 0.1) is 6.33 Å². The molecule has 5 nitrogen and oxygen atoms in total. The lowest BCUT2D eigenvalue weighted by molar-refractivity contribution is 0.460. The maximum Gasteiger partial charge on any atom is 0.259 e. The number of aromatic nitrogens is 2. The second kappa shape index (κ2) is 7.26. The SMILES string of the molecule is CCC(CC)C(Cl)CNS(=O)(=O)c1cn(CC)cn1. The zero-order valence-corrected chi connectivity index (χ0v) is 13.2. The van der Waals surface area contributed by atoms with Crippen LogP contribution in [0.15, 0.2) is 17.6 Å². The van der Waals surface area contributed by atoms with Crippen LogP contribution < -0.4 is 4.72 Å². The van der Waals surface area contributed by atoms with Crippen molar-refractivity contribution in [1.29, 1.82) is 0 Å². The van der Waals surface area contributed by atoms with Crippen LogP contribution in [0, 0.1) is 5.92 Å². The Labute approximate surface area is 120 Å². The standard InChI is InChI=1S/C12H22ClN3O2S/c1-4-10(5-2)11(13)7-15-19(17,18)12-8-16(6-3)9-14-12/h8-11,15H,4-7H2,1-3H3. The highest BCUT2D eigenvalue weighted by Crippen LogP contribution is 2.18. The van der Waals surface area contributed by atoms with Crippen LogP contribution in [0.25, 0.3) is 0 Å². The van der Waals surface area contributed by atoms with Crippen molar-refractivity contribution in [1.82, 2.24) is 14.3 Å². The molecule has 19 heavy (non-hydrogen) atoms. The van der Waals surface area contributed by atoms with Crippen LogP contribution in [-0.2, 0) is 16.6 Å². The molecule has 0 bridgehead atoms. The molecule has 0 radical (unpaired) electrons. The number of alkyl halides is 1. The van der Waals surface area contributed by atoms with Crippen molar-refractivity contribution in [2.45, 2.75) is 50.6 Å². The molecule has 0 amide bonds. The van der Waals surface area contributed by atoms with E-state index in [0.717, 1.165) is 12.8 Å². The van der Waals surface area contributed by atoms with Crippen molar-refractivity contribution in [3.05, 3.63) is 12.5 Å². The molecule has 0 fully saturated rings. The fourth-order valence-corrected chi connectivity index (χ4v) is 3.41. The van der Waals surface area contributed by atoms with Gasteiger partial charge in [0.1, 0.15) is 0 Å². The van der Waals surface area contributed by atoms with Gasteiger partial charge in [-0.25, -0.2) is 18.1 Å². The molecule has 1 atom stereocenters. The summed E-state index contributed by atoms with van der Waals surface area (Å²) in [5, 5.41) is -0.152. The van der Waals surface area contributed by atoms with E-state index in [0.29, 0.717) is 12.5 Å². The molecule has 0 aliphatic carbocycles. The average molecular weight is 308 g/mol. The van der Waals surface area contributed by atoms with E-state index in [1.165, 1.54) is 12.5 Å². The number of rotatable bonds is 8. The predicted molar refractivity (Wildman–Crippen MR) is 76.8 cm³/mol. The number of nitrogens with one attached hydrogen (secondary N) is 1. The molecule has 1 aromatic heterocycles. The largest absolute Gasteiger partial charge is 0.336 e. The highest BCUT2D eigenvalue weighted by molar-refractivity contribution is 7.89. The highest BCUT2D eigenvalue weighted by Gasteiger charge is 2.21. The van der Waals surface area contributed by atoms with Gasteiger partial charge in [0.25, 0.3) is 10.0 Å². The van der Waals surface area contributed by atoms with Gasteiger partial charge >= 0.3 is 0 Å². The third-order valence-electron chi connectivity index (χ3n) is 3.28. The van der Waals surface area contributed by atoms with Gasteiger partial charge in [-0.05, 0) is 12.8 Å². The summed E-state index contributed by atoms with van der Waals surface area (Å²) < 4.78 is 28.3. The Hall–Kier alpha value is -0.590. The van der Waals surface area contributed by atoms with Crippen molar-refractivity contribution in [2.24, 2.45) is 5.92 Å². The molecular formula is C12H22ClN3O2S. The maximum absolute atomic E-state index is 12.0. The first kappa shape index (κ1) is 16.5. The Morgan fingerprint density at radius 1 is 1.37 bits per heavy atom. The van der Waals surface area contributed by atoms with Gasteiger partial charge in [-0.15, -0.1) is 11.6 Å². The minimum atomic E-state index is -3.56. The number of imidazole rings is 1. The van der Waals surface area contributed by atoms with Crippen molar-refractivity contribution >= 4 is 21.6 Å². The van der Waals surface area contributed by atoms with E-state index < -0.39 is 10.0 Å². The molecule has 0 aliphatic heterocycles. The maximum atomic E-state index is 12.0. The summed E-state index contributed by atoms with van der Waals surface area (Å²) in [5.41, 5.74) is 0. The smallest absolute Gasteiger partial charge is 0.259 e. The van der Waals surface area contributed by atoms with E-state index >= 15 is 0 Å². The summed E-state index contributed by atoms with van der Waals surface area (Å²) in [7, 11) is -3.56. The van der Waals surface area contributed by atoms with E-state index in [-0.39, 0.29) is 16.9 Å². The van der Waals surface area contributed by atoms with E-state index in [1.54, 1.807) is 4.57 Å². The topological polar surface area (TPSA) is 64.0 Å². The molecule has 1 aromatic rings. The number of halogens is 1. The zero-order chi connectivity index (χ0) is 14.5. The number of aryl methyl sites for hydroxylation is 1. The number of hydrogen-bond acceptors (Lipinski definition) is 3. The van der Waals surface area contributed by atoms with Gasteiger partial charge in [-0.3, -0.25) is 0 Å². The first-order valence-corrected chi connectivity index (χ1v) is 8.52. The Kier molecular flexibility index (Phi) is 6.29. The van der Waals surface area contributed by atoms with E-state index in [9.17, 15) is 8.42 Å². The van der Waals surface area contributed by atoms with Crippen LogP contribution in [0.2, 0.25) is 0 Å². The summed E-state index contributed by atoms with van der Waals surface area (Å²) >= 11 is 6.22. The molecule has 1 unspecified atom stereocenters. The summed E-state index contributed by atoms with van der Waals surface area (Å²) in [5.74, 6) is 0.317. The summed E-state index contributed by atoms with van der Waals surface area (Å²) in [6.07, 6.45) is 4.91. The Balaban J connectivity index is 2.65. The van der Waals surface area contributed by atoms with Crippen LogP contribution in [0.3, 0.4) is 0 Å². The molecule has 0 saturated carbocycles. The zero-order valence-electron chi connectivity index (χ0n) is 11.6. The van der Waals surface area contributed by atoms with Gasteiger partial charge in [-0.1, -0.05) is 26.7 Å². The van der Waals surface area contributed by atoms with Crippen LogP contribution in [0.1, 0.15) is 33.6 Å². The van der Waals surface area contributed by atoms with Crippen LogP contribution in [-0.4, -0.2) is 29.9 Å². The van der Waals surface area contributed by atoms with Crippen molar-refractivity contribution in [2.75, 3.05) is 6.54 Å². The third kappa shape index (κ3) is 4.47. The lowest BCUT2D eigenvalue weighted by Gasteiger charge is -2.19. The highest BCUT2D eigenvalue weighted by atomic mass is 35.5. The Morgan fingerprint density at radius 2 is 2.00 bits per heavy atom. The van der Waals surface area contributed by atoms with Crippen LogP contribution in [0.4, 0.5) is 0 Å². The lowest BCUT2D eigenvalue weighted by Crippen LogP contribution is -2.33. The van der Waals surface area contributed by atoms with Crippen LogP contribution in [0.5, 0.6) is 0 Å². The van der Waals surface area contributed by atoms with Gasteiger partial charge in [0.2, 0.25) is 0 Å². The molecule has 110 valence electrons. The van der Waals surface area contributed by atoms with E-state index in [2.05, 4.69) is 23.6 Å². The van der Waals surface area contributed by atoms with Crippen molar-refractivity contribution < 1.29 is 8.42 Å². The van der Waals surface area contributed by atoms with Gasteiger partial charge in [0.15, 0.2) is 5.03 Å². The Bertz CT molecular complexity index is 483. The summed E-state index contributed by atoms with van der Waals surface area (Å²) in [6, 6.07) is 0. The second-order valence-electron chi connectivity index (χ2n) is 4.49. The average Bonchev–Trinajstić information content (AvgIpc) is 2.87.